The molecule has 2 heterocycles. The lowest BCUT2D eigenvalue weighted by Crippen LogP contribution is -2.31. The highest BCUT2D eigenvalue weighted by Crippen LogP contribution is 2.23. The molecule has 1 aliphatic rings. The lowest BCUT2D eigenvalue weighted by Gasteiger charge is -2.12. The van der Waals surface area contributed by atoms with Gasteiger partial charge in [-0.05, 0) is 34.0 Å². The molecule has 1 N–H and O–H groups in total. The summed E-state index contributed by atoms with van der Waals surface area (Å²) in [6.45, 7) is 5.39. The van der Waals surface area contributed by atoms with Gasteiger partial charge in [-0.3, -0.25) is 4.99 Å². The first-order valence-corrected chi connectivity index (χ1v) is 8.42. The van der Waals surface area contributed by atoms with Gasteiger partial charge in [0.15, 0.2) is 5.17 Å². The van der Waals surface area contributed by atoms with E-state index in [-0.39, 0.29) is 0 Å². The van der Waals surface area contributed by atoms with Gasteiger partial charge >= 0.3 is 0 Å². The van der Waals surface area contributed by atoms with Crippen molar-refractivity contribution in [3.05, 3.63) is 20.8 Å². The van der Waals surface area contributed by atoms with Crippen molar-refractivity contribution in [3.63, 3.8) is 0 Å². The summed E-state index contributed by atoms with van der Waals surface area (Å²) in [5.74, 6) is 1.84. The van der Waals surface area contributed by atoms with Crippen LogP contribution in [0.25, 0.3) is 0 Å². The van der Waals surface area contributed by atoms with Gasteiger partial charge in [0.05, 0.1) is 3.79 Å². The fourth-order valence-corrected chi connectivity index (χ4v) is 4.31. The molecule has 5 heteroatoms. The molecular formula is C12H17BrN2S2. The topological polar surface area (TPSA) is 24.4 Å². The van der Waals surface area contributed by atoms with E-state index in [0.717, 1.165) is 23.9 Å². The molecule has 17 heavy (non-hydrogen) atoms. The average molecular weight is 333 g/mol. The molecule has 0 spiro atoms. The highest BCUT2D eigenvalue weighted by atomic mass is 79.9. The van der Waals surface area contributed by atoms with Crippen molar-refractivity contribution in [1.29, 1.82) is 0 Å². The Kier molecular flexibility index (Phi) is 4.94. The van der Waals surface area contributed by atoms with Gasteiger partial charge in [-0.2, -0.15) is 0 Å². The van der Waals surface area contributed by atoms with Gasteiger partial charge in [-0.1, -0.05) is 25.6 Å². The largest absolute Gasteiger partial charge is 0.361 e. The standard InChI is InChI=1S/C12H17BrN2S2/c1-8(2)10-7-16-12(15-10)14-6-5-9-3-4-11(13)17-9/h3-4,8,10H,5-7H2,1-2H3,(H,14,15). The third-order valence-corrected chi connectivity index (χ3v) is 5.49. The Morgan fingerprint density at radius 3 is 2.94 bits per heavy atom. The SMILES string of the molecule is CC(C)C1CSC(=NCCc2ccc(Br)s2)N1. The first-order valence-electron chi connectivity index (χ1n) is 5.83. The summed E-state index contributed by atoms with van der Waals surface area (Å²) in [4.78, 5) is 6.01. The monoisotopic (exact) mass is 332 g/mol. The predicted octanol–water partition coefficient (Wildman–Crippen LogP) is 3.77. The lowest BCUT2D eigenvalue weighted by atomic mass is 10.1. The summed E-state index contributed by atoms with van der Waals surface area (Å²) in [6.07, 6.45) is 1.04. The van der Waals surface area contributed by atoms with E-state index in [1.807, 2.05) is 11.8 Å². The van der Waals surface area contributed by atoms with E-state index in [4.69, 9.17) is 0 Å². The molecule has 0 amide bonds. The zero-order chi connectivity index (χ0) is 12.3. The number of thioether (sulfide) groups is 1. The highest BCUT2D eigenvalue weighted by molar-refractivity contribution is 9.11. The average Bonchev–Trinajstić information content (AvgIpc) is 2.88. The minimum atomic E-state index is 0.592. The minimum absolute atomic E-state index is 0.592. The van der Waals surface area contributed by atoms with Crippen molar-refractivity contribution >= 4 is 44.2 Å². The van der Waals surface area contributed by atoms with Gasteiger partial charge in [0.25, 0.3) is 0 Å². The molecule has 1 aromatic heterocycles. The van der Waals surface area contributed by atoms with Crippen LogP contribution in [-0.2, 0) is 6.42 Å². The van der Waals surface area contributed by atoms with Gasteiger partial charge in [0.2, 0.25) is 0 Å². The van der Waals surface area contributed by atoms with Gasteiger partial charge in [-0.25, -0.2) is 0 Å². The molecule has 2 rings (SSSR count). The number of aliphatic imine (C=N–C) groups is 1. The number of amidine groups is 1. The molecule has 94 valence electrons. The number of nitrogens with zero attached hydrogens (tertiary/aromatic N) is 1. The molecule has 0 bridgehead atoms. The molecule has 1 unspecified atom stereocenters. The van der Waals surface area contributed by atoms with E-state index < -0.39 is 0 Å². The first-order chi connectivity index (χ1) is 8.15. The maximum atomic E-state index is 4.62. The summed E-state index contributed by atoms with van der Waals surface area (Å²) in [6, 6.07) is 4.86. The highest BCUT2D eigenvalue weighted by Gasteiger charge is 2.22. The van der Waals surface area contributed by atoms with Crippen LogP contribution in [-0.4, -0.2) is 23.5 Å². The summed E-state index contributed by atoms with van der Waals surface area (Å²) >= 11 is 7.13. The number of hydrogen-bond donors (Lipinski definition) is 1. The third kappa shape index (κ3) is 4.00. The molecule has 1 saturated heterocycles. The molecule has 0 saturated carbocycles. The zero-order valence-corrected chi connectivity index (χ0v) is 13.3. The van der Waals surface area contributed by atoms with Crippen LogP contribution in [0.4, 0.5) is 0 Å². The van der Waals surface area contributed by atoms with Crippen molar-refractivity contribution in [2.24, 2.45) is 10.9 Å². The van der Waals surface area contributed by atoms with E-state index in [9.17, 15) is 0 Å². The van der Waals surface area contributed by atoms with Gasteiger partial charge in [0, 0.05) is 29.6 Å². The normalized spacial score (nSPS) is 22.4. The number of nitrogens with one attached hydrogen (secondary N) is 1. The maximum Gasteiger partial charge on any atom is 0.156 e. The van der Waals surface area contributed by atoms with Crippen molar-refractivity contribution in [1.82, 2.24) is 5.32 Å². The van der Waals surface area contributed by atoms with Crippen molar-refractivity contribution in [2.45, 2.75) is 26.3 Å². The minimum Gasteiger partial charge on any atom is -0.361 e. The molecule has 2 nitrogen and oxygen atoms in total. The predicted molar refractivity (Wildman–Crippen MR) is 82.2 cm³/mol. The van der Waals surface area contributed by atoms with Crippen molar-refractivity contribution < 1.29 is 0 Å². The summed E-state index contributed by atoms with van der Waals surface area (Å²) in [7, 11) is 0. The summed E-state index contributed by atoms with van der Waals surface area (Å²) in [5, 5.41) is 4.61. The second-order valence-electron chi connectivity index (χ2n) is 4.45. The second kappa shape index (κ2) is 6.25. The fourth-order valence-electron chi connectivity index (χ4n) is 1.61. The van der Waals surface area contributed by atoms with Crippen LogP contribution in [0, 0.1) is 5.92 Å². The van der Waals surface area contributed by atoms with E-state index in [0.29, 0.717) is 12.0 Å². The molecule has 0 aliphatic carbocycles. The Labute approximate surface area is 119 Å². The summed E-state index contributed by atoms with van der Waals surface area (Å²) in [5.41, 5.74) is 0. The molecule has 1 aromatic rings. The Morgan fingerprint density at radius 2 is 2.35 bits per heavy atom. The van der Waals surface area contributed by atoms with Crippen LogP contribution in [0.5, 0.6) is 0 Å². The van der Waals surface area contributed by atoms with Gasteiger partial charge < -0.3 is 5.32 Å². The summed E-state index contributed by atoms with van der Waals surface area (Å²) < 4.78 is 1.20. The Morgan fingerprint density at radius 1 is 1.53 bits per heavy atom. The number of rotatable bonds is 4. The van der Waals surface area contributed by atoms with Crippen LogP contribution in [0.2, 0.25) is 0 Å². The van der Waals surface area contributed by atoms with Crippen LogP contribution in [0.15, 0.2) is 20.9 Å². The Balaban J connectivity index is 1.78. The second-order valence-corrected chi connectivity index (χ2v) is 8.00. The molecule has 0 aromatic carbocycles. The first kappa shape index (κ1) is 13.4. The third-order valence-electron chi connectivity index (χ3n) is 2.76. The Bertz CT molecular complexity index is 401. The Hall–Kier alpha value is -0.0000000000000000278. The van der Waals surface area contributed by atoms with Gasteiger partial charge in [-0.15, -0.1) is 11.3 Å². The molecule has 1 fully saturated rings. The van der Waals surface area contributed by atoms with E-state index in [1.165, 1.54) is 8.66 Å². The number of halogens is 1. The molecule has 1 aliphatic heterocycles. The molecular weight excluding hydrogens is 316 g/mol. The lowest BCUT2D eigenvalue weighted by molar-refractivity contribution is 0.503. The van der Waals surface area contributed by atoms with Gasteiger partial charge in [0.1, 0.15) is 0 Å². The smallest absolute Gasteiger partial charge is 0.156 e. The van der Waals surface area contributed by atoms with Crippen LogP contribution in [0.1, 0.15) is 18.7 Å². The molecule has 1 atom stereocenters. The van der Waals surface area contributed by atoms with Crippen LogP contribution in [0.3, 0.4) is 0 Å². The zero-order valence-electron chi connectivity index (χ0n) is 10.1. The van der Waals surface area contributed by atoms with E-state index in [2.05, 4.69) is 52.2 Å². The number of hydrogen-bond acceptors (Lipinski definition) is 3. The molecule has 0 radical (unpaired) electrons. The number of thiophene rings is 1. The van der Waals surface area contributed by atoms with E-state index in [1.54, 1.807) is 11.3 Å². The van der Waals surface area contributed by atoms with Crippen LogP contribution >= 0.6 is 39.0 Å². The van der Waals surface area contributed by atoms with Crippen molar-refractivity contribution in [2.75, 3.05) is 12.3 Å². The van der Waals surface area contributed by atoms with Crippen molar-refractivity contribution in [3.8, 4) is 0 Å². The fraction of sp³-hybridized carbons (Fsp3) is 0.583. The van der Waals surface area contributed by atoms with E-state index >= 15 is 0 Å². The maximum absolute atomic E-state index is 4.62. The quantitative estimate of drug-likeness (QED) is 0.907. The van der Waals surface area contributed by atoms with Crippen LogP contribution < -0.4 is 5.32 Å².